The number of halogens is 3. The molecular weight excluding hydrogens is 633 g/mol. The maximum atomic E-state index is 14.3. The summed E-state index contributed by atoms with van der Waals surface area (Å²) in [7, 11) is -4.31. The Morgan fingerprint density at radius 2 is 1.56 bits per heavy atom. The zero-order valence-corrected chi connectivity index (χ0v) is 27.8. The molecule has 0 saturated heterocycles. The van der Waals surface area contributed by atoms with E-state index < -0.39 is 34.1 Å². The molecule has 0 fully saturated rings. The summed E-state index contributed by atoms with van der Waals surface area (Å²) in [6.07, 6.45) is 0.262. The molecule has 0 radical (unpaired) electrons. The van der Waals surface area contributed by atoms with E-state index in [0.717, 1.165) is 4.31 Å². The number of carbonyl (C=O) groups is 2. The molecule has 0 spiro atoms. The monoisotopic (exact) mass is 667 g/mol. The van der Waals surface area contributed by atoms with E-state index >= 15 is 0 Å². The molecule has 43 heavy (non-hydrogen) atoms. The summed E-state index contributed by atoms with van der Waals surface area (Å²) >= 11 is 18.6. The van der Waals surface area contributed by atoms with Gasteiger partial charge < -0.3 is 15.0 Å². The molecular formula is C31H36Cl3N3O5S. The topological polar surface area (TPSA) is 96.0 Å². The number of ether oxygens (including phenoxy) is 1. The fraction of sp³-hybridized carbons (Fsp3) is 0.355. The van der Waals surface area contributed by atoms with Crippen molar-refractivity contribution in [2.45, 2.75) is 64.1 Å². The summed E-state index contributed by atoms with van der Waals surface area (Å²) in [5.74, 6) is -0.721. The summed E-state index contributed by atoms with van der Waals surface area (Å²) in [6, 6.07) is 16.1. The number of benzene rings is 3. The maximum absolute atomic E-state index is 14.3. The Labute approximate surface area is 268 Å². The van der Waals surface area contributed by atoms with Crippen LogP contribution in [-0.4, -0.2) is 49.9 Å². The van der Waals surface area contributed by atoms with Gasteiger partial charge in [0.05, 0.1) is 17.2 Å². The first-order valence-electron chi connectivity index (χ1n) is 13.7. The van der Waals surface area contributed by atoms with Gasteiger partial charge in [0.2, 0.25) is 11.8 Å². The van der Waals surface area contributed by atoms with Gasteiger partial charge in [-0.25, -0.2) is 8.42 Å². The van der Waals surface area contributed by atoms with Crippen molar-refractivity contribution in [2.75, 3.05) is 17.5 Å². The lowest BCUT2D eigenvalue weighted by Crippen LogP contribution is -2.55. The van der Waals surface area contributed by atoms with Crippen LogP contribution in [0.3, 0.4) is 0 Å². The van der Waals surface area contributed by atoms with Crippen molar-refractivity contribution < 1.29 is 22.7 Å². The van der Waals surface area contributed by atoms with Crippen LogP contribution in [0, 0.1) is 0 Å². The normalized spacial score (nSPS) is 12.4. The predicted molar refractivity (Wildman–Crippen MR) is 173 cm³/mol. The van der Waals surface area contributed by atoms with E-state index in [-0.39, 0.29) is 41.8 Å². The van der Waals surface area contributed by atoms with Crippen LogP contribution in [0.25, 0.3) is 0 Å². The van der Waals surface area contributed by atoms with E-state index in [1.807, 2.05) is 20.8 Å². The molecule has 8 nitrogen and oxygen atoms in total. The van der Waals surface area contributed by atoms with Gasteiger partial charge >= 0.3 is 0 Å². The second-order valence-corrected chi connectivity index (χ2v) is 13.9. The van der Waals surface area contributed by atoms with Gasteiger partial charge in [0.1, 0.15) is 18.3 Å². The molecule has 2 amide bonds. The third-order valence-corrected chi connectivity index (χ3v) is 8.97. The average molecular weight is 669 g/mol. The molecule has 0 heterocycles. The van der Waals surface area contributed by atoms with Crippen LogP contribution >= 0.6 is 34.8 Å². The number of rotatable bonds is 12. The lowest BCUT2D eigenvalue weighted by molar-refractivity contribution is -0.141. The second kappa shape index (κ2) is 14.7. The van der Waals surface area contributed by atoms with Crippen molar-refractivity contribution in [1.82, 2.24) is 10.2 Å². The number of hydrogen-bond donors (Lipinski definition) is 1. The minimum absolute atomic E-state index is 0.0627. The Balaban J connectivity index is 2.15. The molecule has 0 aliphatic heterocycles. The number of carbonyl (C=O) groups excluding carboxylic acids is 2. The van der Waals surface area contributed by atoms with Crippen molar-refractivity contribution >= 4 is 62.3 Å². The summed E-state index contributed by atoms with van der Waals surface area (Å²) in [5, 5.41) is 4.02. The van der Waals surface area contributed by atoms with Gasteiger partial charge in [0.15, 0.2) is 0 Å². The molecule has 0 aliphatic rings. The first-order chi connectivity index (χ1) is 20.2. The maximum Gasteiger partial charge on any atom is 0.264 e. The van der Waals surface area contributed by atoms with Gasteiger partial charge in [-0.05, 0) is 88.2 Å². The van der Waals surface area contributed by atoms with Crippen LogP contribution in [0.1, 0.15) is 46.6 Å². The quantitative estimate of drug-likeness (QED) is 0.225. The van der Waals surface area contributed by atoms with E-state index in [2.05, 4.69) is 5.32 Å². The summed E-state index contributed by atoms with van der Waals surface area (Å²) in [5.41, 5.74) is 0.143. The molecule has 1 atom stereocenters. The van der Waals surface area contributed by atoms with Crippen molar-refractivity contribution in [3.05, 3.63) is 87.4 Å². The fourth-order valence-corrected chi connectivity index (χ4v) is 6.41. The number of anilines is 1. The number of nitrogens with zero attached hydrogens (tertiary/aromatic N) is 2. The van der Waals surface area contributed by atoms with Crippen LogP contribution < -0.4 is 14.4 Å². The SMILES string of the molecule is CCOc1ccccc1N(CC(=O)N(Cc1ccc(Cl)cc1Cl)[C@H](CC)C(=O)NC(C)(C)C)S(=O)(=O)c1ccc(Cl)cc1. The van der Waals surface area contributed by atoms with Crippen molar-refractivity contribution in [3.8, 4) is 5.75 Å². The Bertz CT molecular complexity index is 1540. The van der Waals surface area contributed by atoms with E-state index in [1.165, 1.54) is 29.2 Å². The number of para-hydroxylation sites is 2. The number of hydrogen-bond acceptors (Lipinski definition) is 5. The Morgan fingerprint density at radius 1 is 0.930 bits per heavy atom. The van der Waals surface area contributed by atoms with E-state index in [9.17, 15) is 18.0 Å². The van der Waals surface area contributed by atoms with Crippen LogP contribution in [0.4, 0.5) is 5.69 Å². The Morgan fingerprint density at radius 3 is 2.14 bits per heavy atom. The smallest absolute Gasteiger partial charge is 0.264 e. The van der Waals surface area contributed by atoms with Crippen LogP contribution in [0.5, 0.6) is 5.75 Å². The fourth-order valence-electron chi connectivity index (χ4n) is 4.39. The lowest BCUT2D eigenvalue weighted by Gasteiger charge is -2.35. The third-order valence-electron chi connectivity index (χ3n) is 6.35. The molecule has 0 aromatic heterocycles. The Kier molecular flexibility index (Phi) is 11.8. The van der Waals surface area contributed by atoms with Crippen LogP contribution in [-0.2, 0) is 26.2 Å². The standard InChI is InChI=1S/C31H36Cl3N3O5S/c1-6-26(30(39)35-31(3,4)5)36(19-21-12-13-23(33)18-25(21)34)29(38)20-37(27-10-8-9-11-28(27)42-7-2)43(40,41)24-16-14-22(32)15-17-24/h8-18,26H,6-7,19-20H2,1-5H3,(H,35,39)/t26-/m1/s1. The van der Waals surface area contributed by atoms with Gasteiger partial charge in [-0.3, -0.25) is 13.9 Å². The highest BCUT2D eigenvalue weighted by Gasteiger charge is 2.35. The van der Waals surface area contributed by atoms with Gasteiger partial charge in [0.25, 0.3) is 10.0 Å². The summed E-state index contributed by atoms with van der Waals surface area (Å²) < 4.78 is 35.0. The van der Waals surface area contributed by atoms with Crippen molar-refractivity contribution in [1.29, 1.82) is 0 Å². The third kappa shape index (κ3) is 9.01. The summed E-state index contributed by atoms with van der Waals surface area (Å²) in [4.78, 5) is 29.1. The minimum Gasteiger partial charge on any atom is -0.492 e. The molecule has 3 aromatic rings. The average Bonchev–Trinajstić information content (AvgIpc) is 2.92. The van der Waals surface area contributed by atoms with Crippen LogP contribution in [0.15, 0.2) is 71.6 Å². The van der Waals surface area contributed by atoms with E-state index in [1.54, 1.807) is 56.3 Å². The minimum atomic E-state index is -4.31. The summed E-state index contributed by atoms with van der Waals surface area (Å²) in [6.45, 7) is 8.65. The first-order valence-corrected chi connectivity index (χ1v) is 16.3. The largest absolute Gasteiger partial charge is 0.492 e. The van der Waals surface area contributed by atoms with E-state index in [0.29, 0.717) is 20.6 Å². The first kappa shape index (κ1) is 34.5. The van der Waals surface area contributed by atoms with Crippen LogP contribution in [0.2, 0.25) is 15.1 Å². The number of amides is 2. The molecule has 0 bridgehead atoms. The molecule has 1 N–H and O–H groups in total. The molecule has 12 heteroatoms. The zero-order chi connectivity index (χ0) is 31.9. The van der Waals surface area contributed by atoms with Crippen molar-refractivity contribution in [2.24, 2.45) is 0 Å². The van der Waals surface area contributed by atoms with Gasteiger partial charge in [-0.1, -0.05) is 59.9 Å². The van der Waals surface area contributed by atoms with E-state index in [4.69, 9.17) is 39.5 Å². The van der Waals surface area contributed by atoms with Crippen molar-refractivity contribution in [3.63, 3.8) is 0 Å². The highest BCUT2D eigenvalue weighted by atomic mass is 35.5. The molecule has 3 aromatic carbocycles. The van der Waals surface area contributed by atoms with Gasteiger partial charge in [-0.15, -0.1) is 0 Å². The van der Waals surface area contributed by atoms with Gasteiger partial charge in [0, 0.05) is 27.2 Å². The highest BCUT2D eigenvalue weighted by Crippen LogP contribution is 2.33. The number of sulfonamides is 1. The number of nitrogens with one attached hydrogen (secondary N) is 1. The molecule has 0 unspecified atom stereocenters. The lowest BCUT2D eigenvalue weighted by atomic mass is 10.1. The van der Waals surface area contributed by atoms with Gasteiger partial charge in [-0.2, -0.15) is 0 Å². The molecule has 0 aliphatic carbocycles. The predicted octanol–water partition coefficient (Wildman–Crippen LogP) is 6.96. The second-order valence-electron chi connectivity index (χ2n) is 10.8. The molecule has 3 rings (SSSR count). The Hall–Kier alpha value is -2.98. The molecule has 0 saturated carbocycles. The molecule has 232 valence electrons. The zero-order valence-electron chi connectivity index (χ0n) is 24.7. The highest BCUT2D eigenvalue weighted by molar-refractivity contribution is 7.92.